The largest absolute Gasteiger partial charge is 0.477 e. The van der Waals surface area contributed by atoms with E-state index >= 15 is 0 Å². The number of carboxylic acids is 1. The molecule has 0 aromatic heterocycles. The standard InChI is InChI=1S/C51H93NO7/c1-6-8-10-12-14-16-18-20-22-23-24-25-26-27-28-30-31-33-35-37-39-41-49(53)58-46-47(45-57-44-43-48(51(55)56)52(3,4)5)59-50(54)42-40-38-36-34-32-29-21-19-17-15-13-11-9-7-2/h8,10,14,16,29,32,47-48H,6-7,9,11-13,15,17-28,30-31,33-46H2,1-5H3/p+1/b10-8+,16-14+,32-29+. The number of unbranched alkanes of at least 4 members (excludes halogenated alkanes) is 24. The first kappa shape index (κ1) is 56.5. The maximum Gasteiger partial charge on any atom is 0.362 e. The quantitative estimate of drug-likeness (QED) is 0.0282. The zero-order chi connectivity index (χ0) is 43.5. The summed E-state index contributed by atoms with van der Waals surface area (Å²) in [6.45, 7) is 4.64. The first-order valence-corrected chi connectivity index (χ1v) is 24.5. The lowest BCUT2D eigenvalue weighted by Crippen LogP contribution is -2.50. The van der Waals surface area contributed by atoms with E-state index in [4.69, 9.17) is 14.2 Å². The first-order chi connectivity index (χ1) is 28.6. The van der Waals surface area contributed by atoms with Gasteiger partial charge in [0.05, 0.1) is 34.4 Å². The van der Waals surface area contributed by atoms with E-state index in [-0.39, 0.29) is 36.2 Å². The average molecular weight is 833 g/mol. The molecule has 344 valence electrons. The van der Waals surface area contributed by atoms with Crippen molar-refractivity contribution in [3.8, 4) is 0 Å². The minimum Gasteiger partial charge on any atom is -0.477 e. The van der Waals surface area contributed by atoms with Gasteiger partial charge in [0.2, 0.25) is 0 Å². The molecular weight excluding hydrogens is 739 g/mol. The van der Waals surface area contributed by atoms with Gasteiger partial charge in [0.25, 0.3) is 0 Å². The molecule has 0 aromatic carbocycles. The third-order valence-corrected chi connectivity index (χ3v) is 11.0. The highest BCUT2D eigenvalue weighted by atomic mass is 16.6. The van der Waals surface area contributed by atoms with Gasteiger partial charge in [0.15, 0.2) is 12.1 Å². The number of carboxylic acid groups (broad SMARTS) is 1. The van der Waals surface area contributed by atoms with Crippen molar-refractivity contribution >= 4 is 17.9 Å². The number of likely N-dealkylation sites (N-methyl/N-ethyl adjacent to an activating group) is 1. The minimum atomic E-state index is -0.876. The van der Waals surface area contributed by atoms with E-state index in [0.717, 1.165) is 64.2 Å². The second-order valence-electron chi connectivity index (χ2n) is 17.7. The molecule has 0 saturated heterocycles. The number of carbonyl (C=O) groups excluding carboxylic acids is 2. The molecule has 0 spiro atoms. The zero-order valence-corrected chi connectivity index (χ0v) is 39.2. The Morgan fingerprint density at radius 3 is 1.42 bits per heavy atom. The van der Waals surface area contributed by atoms with E-state index < -0.39 is 18.1 Å². The van der Waals surface area contributed by atoms with E-state index in [0.29, 0.717) is 19.3 Å². The van der Waals surface area contributed by atoms with Gasteiger partial charge in [-0.2, -0.15) is 0 Å². The van der Waals surface area contributed by atoms with Crippen molar-refractivity contribution in [2.75, 3.05) is 41.0 Å². The lowest BCUT2D eigenvalue weighted by Gasteiger charge is -2.31. The van der Waals surface area contributed by atoms with Crippen molar-refractivity contribution in [2.24, 2.45) is 0 Å². The molecule has 2 unspecified atom stereocenters. The fourth-order valence-corrected chi connectivity index (χ4v) is 7.24. The number of carbonyl (C=O) groups is 3. The van der Waals surface area contributed by atoms with Crippen LogP contribution in [0, 0.1) is 0 Å². The molecule has 0 aliphatic heterocycles. The van der Waals surface area contributed by atoms with E-state index in [1.54, 1.807) is 0 Å². The number of esters is 2. The molecule has 8 heteroatoms. The number of ether oxygens (including phenoxy) is 3. The van der Waals surface area contributed by atoms with Crippen molar-refractivity contribution in [2.45, 2.75) is 231 Å². The first-order valence-electron chi connectivity index (χ1n) is 24.5. The van der Waals surface area contributed by atoms with Crippen LogP contribution in [0.15, 0.2) is 36.5 Å². The van der Waals surface area contributed by atoms with Crippen LogP contribution in [0.1, 0.15) is 219 Å². The molecule has 0 fully saturated rings. The Morgan fingerprint density at radius 2 is 0.949 bits per heavy atom. The van der Waals surface area contributed by atoms with Crippen LogP contribution in [0.4, 0.5) is 0 Å². The van der Waals surface area contributed by atoms with Crippen LogP contribution in [0.2, 0.25) is 0 Å². The van der Waals surface area contributed by atoms with Crippen molar-refractivity contribution < 1.29 is 38.2 Å². The third-order valence-electron chi connectivity index (χ3n) is 11.0. The predicted octanol–water partition coefficient (Wildman–Crippen LogP) is 13.8. The fraction of sp³-hybridized carbons (Fsp3) is 0.824. The van der Waals surface area contributed by atoms with E-state index in [1.165, 1.54) is 122 Å². The Kier molecular flexibility index (Phi) is 40.5. The summed E-state index contributed by atoms with van der Waals surface area (Å²) in [6, 6.07) is -0.616. The molecule has 0 bridgehead atoms. The summed E-state index contributed by atoms with van der Waals surface area (Å²) in [6.07, 6.45) is 49.1. The van der Waals surface area contributed by atoms with Crippen molar-refractivity contribution in [3.05, 3.63) is 36.5 Å². The molecule has 0 rings (SSSR count). The van der Waals surface area contributed by atoms with Gasteiger partial charge in [-0.1, -0.05) is 172 Å². The lowest BCUT2D eigenvalue weighted by atomic mass is 10.0. The van der Waals surface area contributed by atoms with Crippen LogP contribution < -0.4 is 0 Å². The maximum atomic E-state index is 12.7. The molecule has 0 heterocycles. The van der Waals surface area contributed by atoms with Gasteiger partial charge in [-0.25, -0.2) is 4.79 Å². The number of hydrogen-bond acceptors (Lipinski definition) is 6. The Morgan fingerprint density at radius 1 is 0.525 bits per heavy atom. The predicted molar refractivity (Wildman–Crippen MR) is 248 cm³/mol. The van der Waals surface area contributed by atoms with Crippen LogP contribution in [0.25, 0.3) is 0 Å². The summed E-state index contributed by atoms with van der Waals surface area (Å²) >= 11 is 0. The van der Waals surface area contributed by atoms with Crippen LogP contribution in [-0.2, 0) is 28.6 Å². The highest BCUT2D eigenvalue weighted by Crippen LogP contribution is 2.15. The molecule has 8 nitrogen and oxygen atoms in total. The van der Waals surface area contributed by atoms with Crippen LogP contribution >= 0.6 is 0 Å². The summed E-state index contributed by atoms with van der Waals surface area (Å²) in [4.78, 5) is 37.1. The molecule has 0 radical (unpaired) electrons. The SMILES string of the molecule is CC/C=C/C/C=C/CCCCCCCCCCCCCCCCC(=O)OCC(COCCC(C(=O)O)[N+](C)(C)C)OC(=O)CCCCC/C=C/CCCCCCCCC. The molecule has 0 amide bonds. The topological polar surface area (TPSA) is 99.1 Å². The highest BCUT2D eigenvalue weighted by molar-refractivity contribution is 5.72. The summed E-state index contributed by atoms with van der Waals surface area (Å²) < 4.78 is 17.3. The summed E-state index contributed by atoms with van der Waals surface area (Å²) in [7, 11) is 5.53. The van der Waals surface area contributed by atoms with Crippen LogP contribution in [0.3, 0.4) is 0 Å². The number of nitrogens with zero attached hydrogens (tertiary/aromatic N) is 1. The summed E-state index contributed by atoms with van der Waals surface area (Å²) in [5.74, 6) is -1.48. The third kappa shape index (κ3) is 40.7. The second-order valence-corrected chi connectivity index (χ2v) is 17.7. The molecule has 59 heavy (non-hydrogen) atoms. The van der Waals surface area contributed by atoms with E-state index in [1.807, 2.05) is 21.1 Å². The zero-order valence-electron chi connectivity index (χ0n) is 39.2. The lowest BCUT2D eigenvalue weighted by molar-refractivity contribution is -0.887. The Hall–Kier alpha value is -2.45. The molecule has 1 N–H and O–H groups in total. The number of quaternary nitrogens is 1. The second kappa shape index (κ2) is 42.2. The Bertz CT molecular complexity index is 1060. The van der Waals surface area contributed by atoms with Gasteiger partial charge in [0, 0.05) is 19.3 Å². The van der Waals surface area contributed by atoms with Crippen molar-refractivity contribution in [1.29, 1.82) is 0 Å². The maximum absolute atomic E-state index is 12.7. The van der Waals surface area contributed by atoms with Crippen molar-refractivity contribution in [3.63, 3.8) is 0 Å². The average Bonchev–Trinajstić information content (AvgIpc) is 3.19. The molecule has 0 aliphatic rings. The van der Waals surface area contributed by atoms with E-state index in [2.05, 4.69) is 50.3 Å². The number of aliphatic carboxylic acids is 1. The number of allylic oxidation sites excluding steroid dienone is 6. The minimum absolute atomic E-state index is 0.0547. The molecule has 0 aromatic rings. The van der Waals surface area contributed by atoms with Gasteiger partial charge in [-0.15, -0.1) is 0 Å². The Labute approximate surface area is 364 Å². The summed E-state index contributed by atoms with van der Waals surface area (Å²) in [5.41, 5.74) is 0. The normalized spacial score (nSPS) is 13.2. The van der Waals surface area contributed by atoms with Gasteiger partial charge in [0.1, 0.15) is 6.61 Å². The van der Waals surface area contributed by atoms with Crippen LogP contribution in [-0.4, -0.2) is 80.6 Å². The fourth-order valence-electron chi connectivity index (χ4n) is 7.24. The monoisotopic (exact) mass is 833 g/mol. The Balaban J connectivity index is 4.22. The number of rotatable bonds is 44. The number of hydrogen-bond donors (Lipinski definition) is 1. The van der Waals surface area contributed by atoms with Gasteiger partial charge in [-0.05, 0) is 64.2 Å². The van der Waals surface area contributed by atoms with Gasteiger partial charge < -0.3 is 23.8 Å². The summed E-state index contributed by atoms with van der Waals surface area (Å²) in [5, 5.41) is 9.63. The van der Waals surface area contributed by atoms with Crippen LogP contribution in [0.5, 0.6) is 0 Å². The molecule has 0 saturated carbocycles. The molecular formula is C51H94NO7+. The van der Waals surface area contributed by atoms with Gasteiger partial charge >= 0.3 is 17.9 Å². The smallest absolute Gasteiger partial charge is 0.362 e. The van der Waals surface area contributed by atoms with E-state index in [9.17, 15) is 19.5 Å². The highest BCUT2D eigenvalue weighted by Gasteiger charge is 2.31. The van der Waals surface area contributed by atoms with Gasteiger partial charge in [-0.3, -0.25) is 9.59 Å². The van der Waals surface area contributed by atoms with Crippen molar-refractivity contribution in [1.82, 2.24) is 0 Å². The molecule has 0 aliphatic carbocycles. The molecule has 2 atom stereocenters.